The van der Waals surface area contributed by atoms with Crippen LogP contribution in [0, 0.1) is 12.3 Å². The average molecular weight is 634 g/mol. The topological polar surface area (TPSA) is 150 Å². The summed E-state index contributed by atoms with van der Waals surface area (Å²) < 4.78 is 42.7. The molecule has 11 nitrogen and oxygen atoms in total. The summed E-state index contributed by atoms with van der Waals surface area (Å²) in [5.41, 5.74) is 9.27. The lowest BCUT2D eigenvalue weighted by Gasteiger charge is -2.31. The number of ether oxygens (including phenoxy) is 2. The highest BCUT2D eigenvalue weighted by molar-refractivity contribution is 7.89. The molecule has 45 heavy (non-hydrogen) atoms. The van der Waals surface area contributed by atoms with E-state index in [9.17, 15) is 18.3 Å². The number of aliphatic carboxylic acids is 1. The van der Waals surface area contributed by atoms with E-state index in [1.165, 1.54) is 4.31 Å². The number of carboxylic acids is 1. The van der Waals surface area contributed by atoms with Gasteiger partial charge in [0.05, 0.1) is 37.4 Å². The zero-order valence-corrected chi connectivity index (χ0v) is 26.7. The van der Waals surface area contributed by atoms with E-state index in [-0.39, 0.29) is 30.7 Å². The second-order valence-corrected chi connectivity index (χ2v) is 13.9. The van der Waals surface area contributed by atoms with Crippen LogP contribution in [-0.4, -0.2) is 51.4 Å². The molecular weight excluding hydrogens is 594 g/mol. The van der Waals surface area contributed by atoms with Crippen LogP contribution in [0.15, 0.2) is 77.8 Å². The van der Waals surface area contributed by atoms with Gasteiger partial charge >= 0.3 is 5.97 Å². The molecule has 0 radical (unpaired) electrons. The van der Waals surface area contributed by atoms with Crippen LogP contribution in [0.2, 0.25) is 0 Å². The maximum absolute atomic E-state index is 13.7. The van der Waals surface area contributed by atoms with Gasteiger partial charge < -0.3 is 20.3 Å². The smallest absolute Gasteiger partial charge is 0.312 e. The van der Waals surface area contributed by atoms with Gasteiger partial charge in [0.25, 0.3) is 0 Å². The van der Waals surface area contributed by atoms with E-state index < -0.39 is 27.5 Å². The Hall–Kier alpha value is -4.10. The normalized spacial score (nSPS) is 17.2. The molecule has 1 unspecified atom stereocenters. The molecule has 0 amide bonds. The molecule has 1 aliphatic rings. The zero-order chi connectivity index (χ0) is 32.4. The molecule has 2 atom stereocenters. The molecule has 12 heteroatoms. The second kappa shape index (κ2) is 13.1. The van der Waals surface area contributed by atoms with Crippen LogP contribution < -0.4 is 10.5 Å². The maximum Gasteiger partial charge on any atom is 0.312 e. The molecule has 0 fully saturated rings. The van der Waals surface area contributed by atoms with Gasteiger partial charge in [0.15, 0.2) is 0 Å². The van der Waals surface area contributed by atoms with Crippen molar-refractivity contribution >= 4 is 16.0 Å². The van der Waals surface area contributed by atoms with Crippen LogP contribution in [0.3, 0.4) is 0 Å². The Balaban J connectivity index is 1.39. The van der Waals surface area contributed by atoms with Crippen LogP contribution in [0.4, 0.5) is 0 Å². The van der Waals surface area contributed by atoms with Crippen molar-refractivity contribution in [1.82, 2.24) is 19.3 Å². The molecule has 3 aromatic carbocycles. The highest BCUT2D eigenvalue weighted by Crippen LogP contribution is 2.39. The van der Waals surface area contributed by atoms with E-state index >= 15 is 0 Å². The Labute approximate surface area is 263 Å². The Bertz CT molecular complexity index is 1790. The molecule has 1 aliphatic heterocycles. The fraction of sp³-hybridized carbons (Fsp3) is 0.364. The van der Waals surface area contributed by atoms with E-state index in [0.717, 1.165) is 22.3 Å². The van der Waals surface area contributed by atoms with E-state index in [4.69, 9.17) is 15.2 Å². The molecule has 3 N–H and O–H groups in total. The van der Waals surface area contributed by atoms with Crippen LogP contribution in [0.5, 0.6) is 5.75 Å². The number of aryl methyl sites for hydroxylation is 1. The number of nitrogens with two attached hydrogens (primary N) is 1. The SMILES string of the molecule is Cc1ccc(C(OCc2cn(Cc3cccc(CN)c3)nn2)C(C)(C)C(=O)O)cc1CN1C[C@@H](C)Oc2ccccc2S1(=O)=O. The van der Waals surface area contributed by atoms with Crippen LogP contribution in [0.1, 0.15) is 60.4 Å². The van der Waals surface area contributed by atoms with Crippen LogP contribution in [-0.2, 0) is 45.8 Å². The molecular formula is C33H39N5O6S. The van der Waals surface area contributed by atoms with Gasteiger partial charge in [0.1, 0.15) is 22.4 Å². The molecule has 0 bridgehead atoms. The van der Waals surface area contributed by atoms with Crippen LogP contribution in [0.25, 0.3) is 0 Å². The fourth-order valence-electron chi connectivity index (χ4n) is 5.43. The molecule has 0 spiro atoms. The minimum atomic E-state index is -3.85. The number of carbonyl (C=O) groups is 1. The third-order valence-electron chi connectivity index (χ3n) is 8.04. The van der Waals surface area contributed by atoms with Crippen LogP contribution >= 0.6 is 0 Å². The van der Waals surface area contributed by atoms with Crippen molar-refractivity contribution in [2.45, 2.75) is 71.0 Å². The van der Waals surface area contributed by atoms with Crippen molar-refractivity contribution in [3.63, 3.8) is 0 Å². The highest BCUT2D eigenvalue weighted by atomic mass is 32.2. The average Bonchev–Trinajstić information content (AvgIpc) is 3.41. The highest BCUT2D eigenvalue weighted by Gasteiger charge is 2.40. The lowest BCUT2D eigenvalue weighted by atomic mass is 9.81. The first-order valence-corrected chi connectivity index (χ1v) is 16.2. The summed E-state index contributed by atoms with van der Waals surface area (Å²) in [6.45, 7) is 8.17. The van der Waals surface area contributed by atoms with Gasteiger partial charge in [-0.2, -0.15) is 4.31 Å². The number of carboxylic acid groups (broad SMARTS) is 1. The predicted octanol–water partition coefficient (Wildman–Crippen LogP) is 4.43. The number of nitrogens with zero attached hydrogens (tertiary/aromatic N) is 4. The van der Waals surface area contributed by atoms with Gasteiger partial charge in [0, 0.05) is 13.1 Å². The molecule has 4 aromatic rings. The number of hydrogen-bond donors (Lipinski definition) is 2. The minimum absolute atomic E-state index is 0.0273. The molecule has 2 heterocycles. The van der Waals surface area contributed by atoms with Gasteiger partial charge in [-0.1, -0.05) is 59.8 Å². The molecule has 0 saturated carbocycles. The number of sulfonamides is 1. The fourth-order valence-corrected chi connectivity index (χ4v) is 7.04. The zero-order valence-electron chi connectivity index (χ0n) is 25.9. The van der Waals surface area contributed by atoms with Crippen molar-refractivity contribution in [3.05, 3.63) is 106 Å². The summed E-state index contributed by atoms with van der Waals surface area (Å²) in [6.07, 6.45) is 0.530. The number of aromatic nitrogens is 3. The van der Waals surface area contributed by atoms with Gasteiger partial charge in [-0.3, -0.25) is 4.79 Å². The lowest BCUT2D eigenvalue weighted by Crippen LogP contribution is -2.36. The number of para-hydroxylation sites is 1. The Morgan fingerprint density at radius 2 is 1.87 bits per heavy atom. The predicted molar refractivity (Wildman–Crippen MR) is 168 cm³/mol. The van der Waals surface area contributed by atoms with Gasteiger partial charge in [-0.05, 0) is 67.6 Å². The van der Waals surface area contributed by atoms with E-state index in [1.807, 2.05) is 56.3 Å². The standard InChI is InChI=1S/C33H39N5O6S/c1-22-12-13-26(15-27(22)19-38-17-23(2)44-29-10-5-6-11-30(29)45(38,41)42)31(33(3,4)32(39)40)43-21-28-20-37(36-35-28)18-25-9-7-8-24(14-25)16-34/h5-15,20,23,31H,16-19,21,34H2,1-4H3,(H,39,40)/t23-,31?/m1/s1. The molecule has 238 valence electrons. The number of rotatable bonds is 11. The van der Waals surface area contributed by atoms with Crippen molar-refractivity contribution in [1.29, 1.82) is 0 Å². The number of benzene rings is 3. The van der Waals surface area contributed by atoms with Gasteiger partial charge in [0.2, 0.25) is 10.0 Å². The Kier molecular flexibility index (Phi) is 9.40. The maximum atomic E-state index is 13.7. The van der Waals surface area contributed by atoms with Gasteiger partial charge in [-0.25, -0.2) is 13.1 Å². The first kappa shape index (κ1) is 32.3. The summed E-state index contributed by atoms with van der Waals surface area (Å²) in [4.78, 5) is 12.6. The van der Waals surface area contributed by atoms with Crippen molar-refractivity contribution in [2.24, 2.45) is 11.1 Å². The minimum Gasteiger partial charge on any atom is -0.488 e. The summed E-state index contributed by atoms with van der Waals surface area (Å²) in [5.74, 6) is -0.702. The van der Waals surface area contributed by atoms with Gasteiger partial charge in [-0.15, -0.1) is 5.10 Å². The van der Waals surface area contributed by atoms with Crippen molar-refractivity contribution in [3.8, 4) is 5.75 Å². The summed E-state index contributed by atoms with van der Waals surface area (Å²) >= 11 is 0. The largest absolute Gasteiger partial charge is 0.488 e. The quantitative estimate of drug-likeness (QED) is 0.244. The van der Waals surface area contributed by atoms with Crippen molar-refractivity contribution < 1.29 is 27.8 Å². The monoisotopic (exact) mass is 633 g/mol. The Morgan fingerprint density at radius 3 is 2.62 bits per heavy atom. The summed E-state index contributed by atoms with van der Waals surface area (Å²) in [6, 6.07) is 20.1. The number of fused-ring (bicyclic) bond motifs is 1. The van der Waals surface area contributed by atoms with E-state index in [0.29, 0.717) is 30.1 Å². The first-order valence-electron chi connectivity index (χ1n) is 14.8. The molecule has 5 rings (SSSR count). The van der Waals surface area contributed by atoms with E-state index in [1.54, 1.807) is 49.0 Å². The lowest BCUT2D eigenvalue weighted by molar-refractivity contribution is -0.158. The first-order chi connectivity index (χ1) is 21.4. The number of hydrogen-bond acceptors (Lipinski definition) is 8. The summed E-state index contributed by atoms with van der Waals surface area (Å²) in [5, 5.41) is 18.6. The third kappa shape index (κ3) is 7.09. The third-order valence-corrected chi connectivity index (χ3v) is 9.89. The van der Waals surface area contributed by atoms with E-state index in [2.05, 4.69) is 10.3 Å². The summed E-state index contributed by atoms with van der Waals surface area (Å²) in [7, 11) is -3.85. The molecule has 0 aliphatic carbocycles. The van der Waals surface area contributed by atoms with Crippen molar-refractivity contribution in [2.75, 3.05) is 6.54 Å². The Morgan fingerprint density at radius 1 is 1.11 bits per heavy atom. The molecule has 0 saturated heterocycles. The molecule has 1 aromatic heterocycles. The second-order valence-electron chi connectivity index (χ2n) is 12.0.